The topological polar surface area (TPSA) is 78.5 Å². The summed E-state index contributed by atoms with van der Waals surface area (Å²) in [5, 5.41) is 5.87. The van der Waals surface area contributed by atoms with Crippen LogP contribution in [0.2, 0.25) is 0 Å². The maximum absolute atomic E-state index is 13.3. The van der Waals surface area contributed by atoms with Crippen molar-refractivity contribution >= 4 is 17.8 Å². The van der Waals surface area contributed by atoms with E-state index in [-0.39, 0.29) is 18.5 Å². The highest BCUT2D eigenvalue weighted by molar-refractivity contribution is 6.10. The lowest BCUT2D eigenvalue weighted by molar-refractivity contribution is -0.135. The van der Waals surface area contributed by atoms with Crippen LogP contribution in [0.25, 0.3) is 0 Å². The van der Waals surface area contributed by atoms with E-state index in [0.717, 1.165) is 27.2 Å². The summed E-state index contributed by atoms with van der Waals surface area (Å²) in [4.78, 5) is 40.1. The smallest absolute Gasteiger partial charge is 0.325 e. The maximum Gasteiger partial charge on any atom is 0.325 e. The Morgan fingerprint density at radius 2 is 1.50 bits per heavy atom. The van der Waals surface area contributed by atoms with Gasteiger partial charge in [-0.25, -0.2) is 4.79 Å². The van der Waals surface area contributed by atoms with Crippen LogP contribution in [0.5, 0.6) is 0 Å². The fourth-order valence-corrected chi connectivity index (χ4v) is 4.73. The van der Waals surface area contributed by atoms with Gasteiger partial charge in [0.2, 0.25) is 5.91 Å². The molecular formula is C26H23N3O3. The standard InChI is InChI=1S/C26H23N3O3/c30-22(27-23(19-10-3-1-4-11-19)20-12-5-2-6-13-20)17-29-24(31)26(28-25(29)32)16-15-18-9-7-8-14-21(18)26/h1-14,23H,15-17H2,(H,27,30)(H,28,32). The van der Waals surface area contributed by atoms with E-state index in [2.05, 4.69) is 10.6 Å². The molecule has 1 saturated heterocycles. The van der Waals surface area contributed by atoms with Gasteiger partial charge in [0.25, 0.3) is 5.91 Å². The van der Waals surface area contributed by atoms with Crippen LogP contribution in [0.4, 0.5) is 4.79 Å². The van der Waals surface area contributed by atoms with E-state index in [1.165, 1.54) is 0 Å². The van der Waals surface area contributed by atoms with Crippen molar-refractivity contribution in [2.24, 2.45) is 0 Å². The van der Waals surface area contributed by atoms with Gasteiger partial charge in [-0.15, -0.1) is 0 Å². The molecule has 2 aliphatic rings. The number of urea groups is 1. The van der Waals surface area contributed by atoms with Crippen LogP contribution in [-0.4, -0.2) is 29.3 Å². The summed E-state index contributed by atoms with van der Waals surface area (Å²) in [7, 11) is 0. The number of benzene rings is 3. The SMILES string of the molecule is O=C(CN1C(=O)NC2(CCc3ccccc32)C1=O)NC(c1ccccc1)c1ccccc1. The number of nitrogens with zero attached hydrogens (tertiary/aromatic N) is 1. The van der Waals surface area contributed by atoms with E-state index in [9.17, 15) is 14.4 Å². The highest BCUT2D eigenvalue weighted by Crippen LogP contribution is 2.41. The molecule has 3 aromatic rings. The zero-order valence-corrected chi connectivity index (χ0v) is 17.5. The van der Waals surface area contributed by atoms with Gasteiger partial charge in [-0.05, 0) is 35.1 Å². The van der Waals surface area contributed by atoms with E-state index in [0.29, 0.717) is 12.8 Å². The lowest BCUT2D eigenvalue weighted by Crippen LogP contribution is -2.44. The zero-order chi connectivity index (χ0) is 22.1. The summed E-state index contributed by atoms with van der Waals surface area (Å²) in [5.41, 5.74) is 2.66. The highest BCUT2D eigenvalue weighted by atomic mass is 16.2. The van der Waals surface area contributed by atoms with Crippen molar-refractivity contribution in [3.8, 4) is 0 Å². The van der Waals surface area contributed by atoms with Gasteiger partial charge in [0.15, 0.2) is 0 Å². The van der Waals surface area contributed by atoms with E-state index < -0.39 is 17.5 Å². The Balaban J connectivity index is 1.37. The number of hydrogen-bond acceptors (Lipinski definition) is 3. The summed E-state index contributed by atoms with van der Waals surface area (Å²) in [6.45, 7) is -0.329. The van der Waals surface area contributed by atoms with Crippen LogP contribution < -0.4 is 10.6 Å². The van der Waals surface area contributed by atoms with Crippen LogP contribution >= 0.6 is 0 Å². The van der Waals surface area contributed by atoms with Crippen molar-refractivity contribution in [1.29, 1.82) is 0 Å². The molecule has 0 aromatic heterocycles. The second kappa shape index (κ2) is 7.96. The molecule has 2 N–H and O–H groups in total. The Morgan fingerprint density at radius 3 is 2.16 bits per heavy atom. The Labute approximate surface area is 186 Å². The number of amides is 4. The molecule has 3 aromatic carbocycles. The summed E-state index contributed by atoms with van der Waals surface area (Å²) in [6.07, 6.45) is 1.22. The van der Waals surface area contributed by atoms with Crippen LogP contribution in [0.1, 0.15) is 34.7 Å². The second-order valence-corrected chi connectivity index (χ2v) is 8.21. The molecular weight excluding hydrogens is 402 g/mol. The van der Waals surface area contributed by atoms with E-state index in [1.54, 1.807) is 0 Å². The first-order valence-electron chi connectivity index (χ1n) is 10.7. The van der Waals surface area contributed by atoms with Crippen LogP contribution in [0, 0.1) is 0 Å². The summed E-state index contributed by atoms with van der Waals surface area (Å²) < 4.78 is 0. The van der Waals surface area contributed by atoms with Crippen molar-refractivity contribution < 1.29 is 14.4 Å². The van der Waals surface area contributed by atoms with E-state index >= 15 is 0 Å². The molecule has 1 aliphatic carbocycles. The van der Waals surface area contributed by atoms with Crippen molar-refractivity contribution in [2.75, 3.05) is 6.54 Å². The third-order valence-corrected chi connectivity index (χ3v) is 6.30. The molecule has 1 aliphatic heterocycles. The summed E-state index contributed by atoms with van der Waals surface area (Å²) >= 11 is 0. The van der Waals surface area contributed by atoms with Gasteiger partial charge in [-0.1, -0.05) is 84.9 Å². The molecule has 160 valence electrons. The van der Waals surface area contributed by atoms with Gasteiger partial charge >= 0.3 is 6.03 Å². The molecule has 0 bridgehead atoms. The lowest BCUT2D eigenvalue weighted by atomic mass is 9.92. The van der Waals surface area contributed by atoms with E-state index in [4.69, 9.17) is 0 Å². The minimum atomic E-state index is -1.06. The average molecular weight is 425 g/mol. The quantitative estimate of drug-likeness (QED) is 0.616. The summed E-state index contributed by atoms with van der Waals surface area (Å²) in [6, 6.07) is 26.0. The monoisotopic (exact) mass is 425 g/mol. The highest BCUT2D eigenvalue weighted by Gasteiger charge is 2.55. The number of rotatable bonds is 5. The first-order valence-corrected chi connectivity index (χ1v) is 10.7. The minimum Gasteiger partial charge on any atom is -0.344 e. The number of aryl methyl sites for hydroxylation is 1. The summed E-state index contributed by atoms with van der Waals surface area (Å²) in [5.74, 6) is -0.756. The molecule has 5 rings (SSSR count). The Hall–Kier alpha value is -3.93. The van der Waals surface area contributed by atoms with E-state index in [1.807, 2.05) is 84.9 Å². The molecule has 6 heteroatoms. The molecule has 0 radical (unpaired) electrons. The van der Waals surface area contributed by atoms with Crippen molar-refractivity contribution in [3.63, 3.8) is 0 Å². The Morgan fingerprint density at radius 1 is 0.906 bits per heavy atom. The number of hydrogen-bond donors (Lipinski definition) is 2. The van der Waals surface area contributed by atoms with Gasteiger partial charge in [0, 0.05) is 0 Å². The predicted octanol–water partition coefficient (Wildman–Crippen LogP) is 3.29. The molecule has 1 unspecified atom stereocenters. The molecule has 0 saturated carbocycles. The number of carbonyl (C=O) groups excluding carboxylic acids is 3. The first kappa shape index (κ1) is 20.0. The number of nitrogens with one attached hydrogen (secondary N) is 2. The minimum absolute atomic E-state index is 0.329. The van der Waals surface area contributed by atoms with Crippen molar-refractivity contribution in [3.05, 3.63) is 107 Å². The van der Waals surface area contributed by atoms with Gasteiger partial charge in [-0.2, -0.15) is 0 Å². The van der Waals surface area contributed by atoms with Crippen LogP contribution in [0.3, 0.4) is 0 Å². The Bertz CT molecular complexity index is 1140. The normalized spacial score (nSPS) is 19.3. The van der Waals surface area contributed by atoms with Crippen molar-refractivity contribution in [1.82, 2.24) is 15.5 Å². The molecule has 1 atom stereocenters. The molecule has 32 heavy (non-hydrogen) atoms. The van der Waals surface area contributed by atoms with Gasteiger partial charge < -0.3 is 10.6 Å². The molecule has 6 nitrogen and oxygen atoms in total. The molecule has 1 spiro atoms. The number of imide groups is 1. The third-order valence-electron chi connectivity index (χ3n) is 6.30. The van der Waals surface area contributed by atoms with Crippen LogP contribution in [0.15, 0.2) is 84.9 Å². The predicted molar refractivity (Wildman–Crippen MR) is 120 cm³/mol. The fraction of sp³-hybridized carbons (Fsp3) is 0.192. The maximum atomic E-state index is 13.3. The third kappa shape index (κ3) is 3.34. The lowest BCUT2D eigenvalue weighted by Gasteiger charge is -2.23. The number of carbonyl (C=O) groups is 3. The Kier molecular flexibility index (Phi) is 4.98. The van der Waals surface area contributed by atoms with Crippen molar-refractivity contribution in [2.45, 2.75) is 24.4 Å². The largest absolute Gasteiger partial charge is 0.344 e. The fourth-order valence-electron chi connectivity index (χ4n) is 4.73. The second-order valence-electron chi connectivity index (χ2n) is 8.21. The van der Waals surface area contributed by atoms with Gasteiger partial charge in [0.1, 0.15) is 12.1 Å². The molecule has 1 fully saturated rings. The molecule has 1 heterocycles. The zero-order valence-electron chi connectivity index (χ0n) is 17.5. The average Bonchev–Trinajstić information content (AvgIpc) is 3.31. The first-order chi connectivity index (χ1) is 15.6. The molecule has 4 amide bonds. The van der Waals surface area contributed by atoms with Crippen LogP contribution in [-0.2, 0) is 21.5 Å². The van der Waals surface area contributed by atoms with Gasteiger partial charge in [-0.3, -0.25) is 14.5 Å². The number of fused-ring (bicyclic) bond motifs is 2. The van der Waals surface area contributed by atoms with Gasteiger partial charge in [0.05, 0.1) is 6.04 Å².